The van der Waals surface area contributed by atoms with Gasteiger partial charge in [-0.1, -0.05) is 31.5 Å². The van der Waals surface area contributed by atoms with Gasteiger partial charge in [-0.2, -0.15) is 0 Å². The van der Waals surface area contributed by atoms with Gasteiger partial charge in [0.25, 0.3) is 0 Å². The number of nitrogens with zero attached hydrogens (tertiary/aromatic N) is 1. The number of nitrogens with one attached hydrogen (secondary N) is 1. The summed E-state index contributed by atoms with van der Waals surface area (Å²) in [4.78, 5) is 2.44. The molecule has 0 bridgehead atoms. The smallest absolute Gasteiger partial charge is 0.142 e. The quantitative estimate of drug-likeness (QED) is 0.915. The molecule has 1 aromatic rings. The summed E-state index contributed by atoms with van der Waals surface area (Å²) in [5.41, 5.74) is 0.989. The van der Waals surface area contributed by atoms with Crippen LogP contribution >= 0.6 is 11.6 Å². The van der Waals surface area contributed by atoms with Crippen molar-refractivity contribution in [2.45, 2.75) is 45.8 Å². The topological polar surface area (TPSA) is 15.3 Å². The van der Waals surface area contributed by atoms with E-state index >= 15 is 0 Å². The average molecular weight is 299 g/mol. The van der Waals surface area contributed by atoms with E-state index in [4.69, 9.17) is 11.6 Å². The third-order valence-corrected chi connectivity index (χ3v) is 4.50. The molecule has 20 heavy (non-hydrogen) atoms. The van der Waals surface area contributed by atoms with Gasteiger partial charge in [0, 0.05) is 25.2 Å². The van der Waals surface area contributed by atoms with Crippen molar-refractivity contribution in [3.05, 3.63) is 34.6 Å². The fourth-order valence-electron chi connectivity index (χ4n) is 2.70. The summed E-state index contributed by atoms with van der Waals surface area (Å²) in [7, 11) is 0. The number of hydrogen-bond acceptors (Lipinski definition) is 2. The molecule has 2 rings (SSSR count). The minimum Gasteiger partial charge on any atom is -0.312 e. The van der Waals surface area contributed by atoms with Crippen molar-refractivity contribution in [2.75, 3.05) is 13.1 Å². The Morgan fingerprint density at radius 2 is 2.20 bits per heavy atom. The normalized spacial score (nSPS) is 24.9. The molecule has 1 N–H and O–H groups in total. The third-order valence-electron chi connectivity index (χ3n) is 4.20. The highest BCUT2D eigenvalue weighted by molar-refractivity contribution is 6.30. The lowest BCUT2D eigenvalue weighted by atomic mass is 10.0. The Morgan fingerprint density at radius 3 is 2.85 bits per heavy atom. The first-order valence-electron chi connectivity index (χ1n) is 7.38. The van der Waals surface area contributed by atoms with E-state index in [1.54, 1.807) is 12.1 Å². The molecule has 2 unspecified atom stereocenters. The van der Waals surface area contributed by atoms with Gasteiger partial charge in [-0.3, -0.25) is 4.90 Å². The van der Waals surface area contributed by atoms with Gasteiger partial charge in [0.2, 0.25) is 0 Å². The zero-order valence-electron chi connectivity index (χ0n) is 12.5. The van der Waals surface area contributed by atoms with Crippen molar-refractivity contribution in [2.24, 2.45) is 5.92 Å². The van der Waals surface area contributed by atoms with Gasteiger partial charge in [-0.05, 0) is 43.5 Å². The molecule has 112 valence electrons. The summed E-state index contributed by atoms with van der Waals surface area (Å²) in [5.74, 6) is 0.273. The highest BCUT2D eigenvalue weighted by Gasteiger charge is 2.24. The molecular weight excluding hydrogens is 275 g/mol. The van der Waals surface area contributed by atoms with Crippen LogP contribution in [0.3, 0.4) is 0 Å². The first kappa shape index (κ1) is 15.7. The third kappa shape index (κ3) is 3.94. The number of hydrogen-bond donors (Lipinski definition) is 1. The first-order chi connectivity index (χ1) is 9.47. The van der Waals surface area contributed by atoms with Crippen LogP contribution in [-0.2, 0) is 6.54 Å². The number of benzene rings is 1. The van der Waals surface area contributed by atoms with Gasteiger partial charge in [0.05, 0.1) is 5.02 Å². The second-order valence-electron chi connectivity index (χ2n) is 6.12. The van der Waals surface area contributed by atoms with Gasteiger partial charge >= 0.3 is 0 Å². The highest BCUT2D eigenvalue weighted by Crippen LogP contribution is 2.20. The van der Waals surface area contributed by atoms with Crippen molar-refractivity contribution in [1.82, 2.24) is 10.2 Å². The maximum Gasteiger partial charge on any atom is 0.142 e. The molecule has 0 amide bonds. The monoisotopic (exact) mass is 298 g/mol. The molecule has 0 spiro atoms. The van der Waals surface area contributed by atoms with Crippen LogP contribution in [0.2, 0.25) is 5.02 Å². The van der Waals surface area contributed by atoms with Crippen molar-refractivity contribution in [3.8, 4) is 0 Å². The minimum atomic E-state index is -0.329. The van der Waals surface area contributed by atoms with Crippen molar-refractivity contribution >= 4 is 11.6 Å². The van der Waals surface area contributed by atoms with Crippen LogP contribution in [0.4, 0.5) is 4.39 Å². The Hall–Kier alpha value is -0.640. The molecule has 1 heterocycles. The molecule has 1 saturated heterocycles. The van der Waals surface area contributed by atoms with E-state index in [1.165, 1.54) is 0 Å². The zero-order valence-corrected chi connectivity index (χ0v) is 13.3. The Labute approximate surface area is 126 Å². The van der Waals surface area contributed by atoms with Gasteiger partial charge in [-0.15, -0.1) is 0 Å². The van der Waals surface area contributed by atoms with Crippen molar-refractivity contribution < 1.29 is 4.39 Å². The summed E-state index contributed by atoms with van der Waals surface area (Å²) >= 11 is 5.74. The average Bonchev–Trinajstić information content (AvgIpc) is 2.57. The van der Waals surface area contributed by atoms with E-state index in [2.05, 4.69) is 31.0 Å². The predicted octanol–water partition coefficient (Wildman–Crippen LogP) is 3.69. The van der Waals surface area contributed by atoms with Crippen LogP contribution < -0.4 is 5.32 Å². The minimum absolute atomic E-state index is 0.194. The molecular formula is C16H24ClFN2. The molecule has 0 aromatic heterocycles. The van der Waals surface area contributed by atoms with Crippen LogP contribution in [0.1, 0.15) is 32.8 Å². The Kier molecular flexibility index (Phi) is 5.42. The van der Waals surface area contributed by atoms with Gasteiger partial charge < -0.3 is 5.32 Å². The molecule has 0 radical (unpaired) electrons. The molecule has 1 aliphatic heterocycles. The Morgan fingerprint density at radius 1 is 1.45 bits per heavy atom. The summed E-state index contributed by atoms with van der Waals surface area (Å²) in [5, 5.41) is 3.80. The summed E-state index contributed by atoms with van der Waals surface area (Å²) < 4.78 is 13.6. The molecule has 0 saturated carbocycles. The number of rotatable bonds is 3. The summed E-state index contributed by atoms with van der Waals surface area (Å²) in [6, 6.07) is 6.12. The largest absolute Gasteiger partial charge is 0.312 e. The maximum atomic E-state index is 13.6. The molecule has 2 atom stereocenters. The first-order valence-corrected chi connectivity index (χ1v) is 7.76. The lowest BCUT2D eigenvalue weighted by Gasteiger charge is -2.30. The molecule has 4 heteroatoms. The van der Waals surface area contributed by atoms with Crippen LogP contribution in [-0.4, -0.2) is 30.1 Å². The van der Waals surface area contributed by atoms with Crippen LogP contribution in [0.5, 0.6) is 0 Å². The Bertz CT molecular complexity index is 450. The molecule has 2 nitrogen and oxygen atoms in total. The predicted molar refractivity (Wildman–Crippen MR) is 82.5 cm³/mol. The van der Waals surface area contributed by atoms with Crippen molar-refractivity contribution in [3.63, 3.8) is 0 Å². The Balaban J connectivity index is 2.09. The van der Waals surface area contributed by atoms with E-state index in [-0.39, 0.29) is 10.8 Å². The van der Waals surface area contributed by atoms with Gasteiger partial charge in [-0.25, -0.2) is 4.39 Å². The molecule has 1 fully saturated rings. The van der Waals surface area contributed by atoms with E-state index < -0.39 is 0 Å². The zero-order chi connectivity index (χ0) is 14.7. The lowest BCUT2D eigenvalue weighted by Crippen LogP contribution is -2.42. The standard InChI is InChI=1S/C16H24ClFN2/c1-11(2)16-10-20(12(3)6-7-19-16)9-13-4-5-14(17)15(18)8-13/h4-5,8,11-12,16,19H,6-7,9-10H2,1-3H3. The number of halogens is 2. The summed E-state index contributed by atoms with van der Waals surface area (Å²) in [6.45, 7) is 9.57. The van der Waals surface area contributed by atoms with Crippen LogP contribution in [0, 0.1) is 11.7 Å². The van der Waals surface area contributed by atoms with Gasteiger partial charge in [0.1, 0.15) is 5.82 Å². The van der Waals surface area contributed by atoms with E-state index in [0.29, 0.717) is 18.0 Å². The second-order valence-corrected chi connectivity index (χ2v) is 6.53. The van der Waals surface area contributed by atoms with Gasteiger partial charge in [0.15, 0.2) is 0 Å². The fraction of sp³-hybridized carbons (Fsp3) is 0.625. The van der Waals surface area contributed by atoms with E-state index in [9.17, 15) is 4.39 Å². The molecule has 0 aliphatic carbocycles. The maximum absolute atomic E-state index is 13.6. The van der Waals surface area contributed by atoms with Crippen LogP contribution in [0.15, 0.2) is 18.2 Å². The lowest BCUT2D eigenvalue weighted by molar-refractivity contribution is 0.184. The van der Waals surface area contributed by atoms with E-state index in [0.717, 1.165) is 31.6 Å². The highest BCUT2D eigenvalue weighted by atomic mass is 35.5. The molecule has 1 aromatic carbocycles. The summed E-state index contributed by atoms with van der Waals surface area (Å²) in [6.07, 6.45) is 1.12. The SMILES string of the molecule is CC(C)C1CN(Cc2ccc(Cl)c(F)c2)C(C)CCN1. The fourth-order valence-corrected chi connectivity index (χ4v) is 2.81. The van der Waals surface area contributed by atoms with Crippen molar-refractivity contribution in [1.29, 1.82) is 0 Å². The second kappa shape index (κ2) is 6.88. The van der Waals surface area contributed by atoms with Crippen LogP contribution in [0.25, 0.3) is 0 Å². The van der Waals surface area contributed by atoms with E-state index in [1.807, 2.05) is 6.07 Å². The molecule has 1 aliphatic rings.